The Morgan fingerprint density at radius 2 is 1.70 bits per heavy atom. The molecule has 2 aromatic rings. The molecule has 2 aromatic carbocycles. The minimum atomic E-state index is -4.58. The van der Waals surface area contributed by atoms with Crippen molar-refractivity contribution in [1.82, 2.24) is 0 Å². The number of nitrogens with zero attached hydrogens (tertiary/aromatic N) is 1. The molecule has 0 aromatic heterocycles. The number of anilines is 2. The van der Waals surface area contributed by atoms with Crippen molar-refractivity contribution in [2.24, 2.45) is 0 Å². The van der Waals surface area contributed by atoms with E-state index >= 15 is 0 Å². The Kier molecular flexibility index (Phi) is 6.59. The smallest absolute Gasteiger partial charge is 0.416 e. The van der Waals surface area contributed by atoms with Gasteiger partial charge in [0.25, 0.3) is 5.91 Å². The Morgan fingerprint density at radius 1 is 0.970 bits per heavy atom. The van der Waals surface area contributed by atoms with Crippen molar-refractivity contribution in [3.8, 4) is 11.5 Å². The zero-order chi connectivity index (χ0) is 23.4. The Morgan fingerprint density at radius 3 is 2.42 bits per heavy atom. The lowest BCUT2D eigenvalue weighted by atomic mass is 10.1. The lowest BCUT2D eigenvalue weighted by Crippen LogP contribution is -2.37. The van der Waals surface area contributed by atoms with Crippen molar-refractivity contribution in [1.29, 1.82) is 0 Å². The van der Waals surface area contributed by atoms with Crippen molar-refractivity contribution < 1.29 is 41.7 Å². The summed E-state index contributed by atoms with van der Waals surface area (Å²) in [6.45, 7) is 1.84. The van der Waals surface area contributed by atoms with E-state index in [4.69, 9.17) is 18.9 Å². The van der Waals surface area contributed by atoms with Gasteiger partial charge in [-0.25, -0.2) is 4.79 Å². The maximum Gasteiger partial charge on any atom is 0.416 e. The monoisotopic (exact) mass is 466 g/mol. The van der Waals surface area contributed by atoms with E-state index in [0.29, 0.717) is 56.7 Å². The number of fused-ring (bicyclic) bond motifs is 1. The van der Waals surface area contributed by atoms with Crippen LogP contribution in [0.5, 0.6) is 11.5 Å². The molecule has 1 saturated heterocycles. The van der Waals surface area contributed by atoms with Crippen LogP contribution < -0.4 is 19.7 Å². The van der Waals surface area contributed by atoms with Gasteiger partial charge in [-0.2, -0.15) is 13.2 Å². The molecular formula is C22H21F3N2O6. The molecule has 1 amide bonds. The number of benzene rings is 2. The number of hydrogen-bond donors (Lipinski definition) is 1. The van der Waals surface area contributed by atoms with Crippen LogP contribution in [0.15, 0.2) is 36.4 Å². The predicted molar refractivity (Wildman–Crippen MR) is 111 cm³/mol. The molecule has 2 aliphatic rings. The number of amides is 1. The summed E-state index contributed by atoms with van der Waals surface area (Å²) in [5.74, 6) is -0.663. The Bertz CT molecular complexity index is 1040. The number of rotatable bonds is 5. The second-order valence-electron chi connectivity index (χ2n) is 7.31. The molecule has 0 saturated carbocycles. The van der Waals surface area contributed by atoms with E-state index in [9.17, 15) is 22.8 Å². The largest absolute Gasteiger partial charge is 0.486 e. The van der Waals surface area contributed by atoms with Crippen LogP contribution in [-0.4, -0.2) is 58.0 Å². The summed E-state index contributed by atoms with van der Waals surface area (Å²) in [5, 5.41) is 2.43. The van der Waals surface area contributed by atoms with E-state index in [1.54, 1.807) is 6.07 Å². The average Bonchev–Trinajstić information content (AvgIpc) is 2.82. The van der Waals surface area contributed by atoms with Crippen molar-refractivity contribution in [3.63, 3.8) is 0 Å². The third kappa shape index (κ3) is 5.48. The van der Waals surface area contributed by atoms with E-state index in [1.165, 1.54) is 18.2 Å². The molecule has 0 spiro atoms. The highest BCUT2D eigenvalue weighted by atomic mass is 19.4. The molecule has 2 aliphatic heterocycles. The molecule has 2 heterocycles. The molecule has 0 bridgehead atoms. The number of carbonyl (C=O) groups is 2. The second kappa shape index (κ2) is 9.57. The minimum Gasteiger partial charge on any atom is -0.486 e. The number of halogens is 3. The molecule has 0 aliphatic carbocycles. The zero-order valence-corrected chi connectivity index (χ0v) is 17.4. The summed E-state index contributed by atoms with van der Waals surface area (Å²) in [5.41, 5.74) is -0.340. The van der Waals surface area contributed by atoms with Crippen molar-refractivity contribution in [2.45, 2.75) is 6.18 Å². The number of alkyl halides is 3. The van der Waals surface area contributed by atoms with Gasteiger partial charge in [0.15, 0.2) is 18.1 Å². The fourth-order valence-electron chi connectivity index (χ4n) is 3.46. The van der Waals surface area contributed by atoms with Crippen LogP contribution >= 0.6 is 0 Å². The van der Waals surface area contributed by atoms with Crippen LogP contribution in [0.25, 0.3) is 0 Å². The maximum absolute atomic E-state index is 13.2. The summed E-state index contributed by atoms with van der Waals surface area (Å²) in [6, 6.07) is 7.61. The third-order valence-electron chi connectivity index (χ3n) is 5.06. The van der Waals surface area contributed by atoms with Gasteiger partial charge in [-0.1, -0.05) is 0 Å². The summed E-state index contributed by atoms with van der Waals surface area (Å²) in [7, 11) is 0. The van der Waals surface area contributed by atoms with Crippen LogP contribution in [0.1, 0.15) is 15.9 Å². The van der Waals surface area contributed by atoms with E-state index in [-0.39, 0.29) is 11.3 Å². The number of nitrogens with one attached hydrogen (secondary N) is 1. The van der Waals surface area contributed by atoms with Gasteiger partial charge in [-0.15, -0.1) is 0 Å². The van der Waals surface area contributed by atoms with Crippen molar-refractivity contribution >= 4 is 23.3 Å². The van der Waals surface area contributed by atoms with E-state index < -0.39 is 30.2 Å². The fraction of sp³-hybridized carbons (Fsp3) is 0.364. The molecule has 0 unspecified atom stereocenters. The Labute approximate surface area is 187 Å². The molecule has 176 valence electrons. The predicted octanol–water partition coefficient (Wildman–Crippen LogP) is 3.11. The molecule has 0 radical (unpaired) electrons. The van der Waals surface area contributed by atoms with Gasteiger partial charge in [0.1, 0.15) is 13.2 Å². The SMILES string of the molecule is O=C(COC(=O)c1ccc2c(c1)OCCO2)Nc1cc(C(F)(F)F)ccc1N1CCOCC1. The lowest BCUT2D eigenvalue weighted by Gasteiger charge is -2.31. The molecule has 33 heavy (non-hydrogen) atoms. The van der Waals surface area contributed by atoms with Crippen LogP contribution in [0.2, 0.25) is 0 Å². The molecular weight excluding hydrogens is 445 g/mol. The number of hydrogen-bond acceptors (Lipinski definition) is 7. The normalized spacial score (nSPS) is 15.7. The van der Waals surface area contributed by atoms with Crippen molar-refractivity contribution in [3.05, 3.63) is 47.5 Å². The van der Waals surface area contributed by atoms with Crippen LogP contribution in [0, 0.1) is 0 Å². The molecule has 1 fully saturated rings. The first-order valence-corrected chi connectivity index (χ1v) is 10.2. The summed E-state index contributed by atoms with van der Waals surface area (Å²) >= 11 is 0. The summed E-state index contributed by atoms with van der Waals surface area (Å²) < 4.78 is 60.7. The van der Waals surface area contributed by atoms with Gasteiger partial charge in [-0.3, -0.25) is 4.79 Å². The first-order chi connectivity index (χ1) is 15.8. The van der Waals surface area contributed by atoms with Gasteiger partial charge >= 0.3 is 12.1 Å². The van der Waals surface area contributed by atoms with Crippen molar-refractivity contribution in [2.75, 3.05) is 56.3 Å². The quantitative estimate of drug-likeness (QED) is 0.678. The number of esters is 1. The number of morpholine rings is 1. The van der Waals surface area contributed by atoms with Crippen LogP contribution in [-0.2, 0) is 20.4 Å². The molecule has 11 heteroatoms. The van der Waals surface area contributed by atoms with Crippen LogP contribution in [0.3, 0.4) is 0 Å². The lowest BCUT2D eigenvalue weighted by molar-refractivity contribution is -0.137. The molecule has 0 atom stereocenters. The number of ether oxygens (including phenoxy) is 4. The van der Waals surface area contributed by atoms with E-state index in [2.05, 4.69) is 5.32 Å². The first kappa shape index (κ1) is 22.7. The minimum absolute atomic E-state index is 0.0212. The summed E-state index contributed by atoms with van der Waals surface area (Å²) in [6.07, 6.45) is -4.58. The standard InChI is InChI=1S/C22H21F3N2O6/c23-22(24,25)15-2-3-17(27-5-7-30-8-6-27)16(12-15)26-20(28)13-33-21(29)14-1-4-18-19(11-14)32-10-9-31-18/h1-4,11-12H,5-10,13H2,(H,26,28). The first-order valence-electron chi connectivity index (χ1n) is 10.2. The fourth-order valence-corrected chi connectivity index (χ4v) is 3.46. The van der Waals surface area contributed by atoms with Gasteiger partial charge in [0.2, 0.25) is 0 Å². The second-order valence-corrected chi connectivity index (χ2v) is 7.31. The highest BCUT2D eigenvalue weighted by molar-refractivity contribution is 5.98. The maximum atomic E-state index is 13.2. The molecule has 1 N–H and O–H groups in total. The van der Waals surface area contributed by atoms with Crippen LogP contribution in [0.4, 0.5) is 24.5 Å². The summed E-state index contributed by atoms with van der Waals surface area (Å²) in [4.78, 5) is 26.6. The Hall–Kier alpha value is -3.47. The number of carbonyl (C=O) groups excluding carboxylic acids is 2. The zero-order valence-electron chi connectivity index (χ0n) is 17.4. The van der Waals surface area contributed by atoms with E-state index in [0.717, 1.165) is 12.1 Å². The van der Waals surface area contributed by atoms with Gasteiger partial charge < -0.3 is 29.2 Å². The highest BCUT2D eigenvalue weighted by Crippen LogP contribution is 2.36. The average molecular weight is 466 g/mol. The van der Waals surface area contributed by atoms with E-state index in [1.807, 2.05) is 4.90 Å². The highest BCUT2D eigenvalue weighted by Gasteiger charge is 2.32. The van der Waals surface area contributed by atoms with Gasteiger partial charge in [0.05, 0.1) is 35.7 Å². The van der Waals surface area contributed by atoms with Gasteiger partial charge in [0, 0.05) is 13.1 Å². The molecule has 4 rings (SSSR count). The third-order valence-corrected chi connectivity index (χ3v) is 5.06. The molecule has 8 nitrogen and oxygen atoms in total. The topological polar surface area (TPSA) is 86.3 Å². The Balaban J connectivity index is 1.44. The van der Waals surface area contributed by atoms with Gasteiger partial charge in [-0.05, 0) is 36.4 Å².